The van der Waals surface area contributed by atoms with Gasteiger partial charge >= 0.3 is 0 Å². The molecule has 0 saturated heterocycles. The van der Waals surface area contributed by atoms with E-state index < -0.39 is 0 Å². The summed E-state index contributed by atoms with van der Waals surface area (Å²) in [7, 11) is 0. The van der Waals surface area contributed by atoms with Crippen molar-refractivity contribution >= 4 is 27.3 Å². The van der Waals surface area contributed by atoms with Crippen LogP contribution < -0.4 is 0 Å². The Labute approximate surface area is 75.2 Å². The summed E-state index contributed by atoms with van der Waals surface area (Å²) in [6.45, 7) is 0. The van der Waals surface area contributed by atoms with Gasteiger partial charge in [-0.25, -0.2) is 9.97 Å². The zero-order valence-electron chi connectivity index (χ0n) is 5.32. The number of hydrogen-bond donors (Lipinski definition) is 0. The van der Waals surface area contributed by atoms with Crippen LogP contribution in [0, 0.1) is 0 Å². The highest BCUT2D eigenvalue weighted by Gasteiger charge is 2.08. The Morgan fingerprint density at radius 3 is 3.00 bits per heavy atom. The first-order valence-electron chi connectivity index (χ1n) is 2.86. The van der Waals surface area contributed by atoms with E-state index in [9.17, 15) is 0 Å². The highest BCUT2D eigenvalue weighted by molar-refractivity contribution is 9.11. The van der Waals surface area contributed by atoms with Gasteiger partial charge in [-0.2, -0.15) is 0 Å². The number of rotatable bonds is 1. The van der Waals surface area contributed by atoms with E-state index in [4.69, 9.17) is 4.42 Å². The minimum Gasteiger partial charge on any atom is -0.442 e. The van der Waals surface area contributed by atoms with E-state index in [1.165, 1.54) is 17.7 Å². The van der Waals surface area contributed by atoms with Crippen molar-refractivity contribution in [2.75, 3.05) is 0 Å². The zero-order chi connectivity index (χ0) is 7.68. The normalized spacial score (nSPS) is 10.3. The molecule has 0 aliphatic rings. The van der Waals surface area contributed by atoms with E-state index in [1.807, 2.05) is 0 Å². The predicted octanol–water partition coefficient (Wildman–Crippen LogP) is 2.56. The summed E-state index contributed by atoms with van der Waals surface area (Å²) in [5, 5.41) is 0. The Morgan fingerprint density at radius 1 is 1.55 bits per heavy atom. The van der Waals surface area contributed by atoms with E-state index in [0.29, 0.717) is 5.76 Å². The van der Waals surface area contributed by atoms with Gasteiger partial charge in [0.25, 0.3) is 0 Å². The first-order valence-corrected chi connectivity index (χ1v) is 4.53. The topological polar surface area (TPSA) is 38.9 Å². The lowest BCUT2D eigenvalue weighted by atomic mass is 10.4. The van der Waals surface area contributed by atoms with Gasteiger partial charge in [-0.15, -0.1) is 11.3 Å². The summed E-state index contributed by atoms with van der Waals surface area (Å²) < 4.78 is 6.03. The number of halogens is 1. The summed E-state index contributed by atoms with van der Waals surface area (Å²) in [5.74, 6) is 0.693. The van der Waals surface area contributed by atoms with E-state index in [0.717, 1.165) is 9.48 Å². The Balaban J connectivity index is 2.53. The Morgan fingerprint density at radius 2 is 2.45 bits per heavy atom. The molecule has 0 saturated carbocycles. The minimum absolute atomic E-state index is 0.693. The van der Waals surface area contributed by atoms with Crippen LogP contribution in [0.15, 0.2) is 26.3 Å². The van der Waals surface area contributed by atoms with Crippen molar-refractivity contribution in [3.8, 4) is 11.5 Å². The molecule has 2 rings (SSSR count). The second kappa shape index (κ2) is 2.75. The summed E-state index contributed by atoms with van der Waals surface area (Å²) >= 11 is 4.88. The molecule has 0 aliphatic heterocycles. The lowest BCUT2D eigenvalue weighted by molar-refractivity contribution is 0.570. The molecule has 2 heterocycles. The Kier molecular flexibility index (Phi) is 1.75. The third kappa shape index (κ3) is 1.21. The van der Waals surface area contributed by atoms with E-state index in [2.05, 4.69) is 25.9 Å². The van der Waals surface area contributed by atoms with Crippen LogP contribution in [0.1, 0.15) is 0 Å². The monoisotopic (exact) mass is 230 g/mol. The Hall–Kier alpha value is -0.680. The summed E-state index contributed by atoms with van der Waals surface area (Å²) in [6, 6.07) is 0. The maximum Gasteiger partial charge on any atom is 0.181 e. The minimum atomic E-state index is 0.693. The number of hydrogen-bond acceptors (Lipinski definition) is 4. The van der Waals surface area contributed by atoms with Crippen LogP contribution in [0.5, 0.6) is 0 Å². The maximum atomic E-state index is 5.06. The molecule has 0 fully saturated rings. The van der Waals surface area contributed by atoms with Crippen LogP contribution >= 0.6 is 27.3 Å². The molecule has 0 N–H and O–H groups in total. The molecule has 3 nitrogen and oxygen atoms in total. The van der Waals surface area contributed by atoms with Crippen LogP contribution in [-0.2, 0) is 0 Å². The molecule has 0 atom stereocenters. The molecule has 0 aromatic carbocycles. The highest BCUT2D eigenvalue weighted by Crippen LogP contribution is 2.29. The molecule has 11 heavy (non-hydrogen) atoms. The average molecular weight is 231 g/mol. The van der Waals surface area contributed by atoms with Gasteiger partial charge in [0.2, 0.25) is 0 Å². The number of oxazole rings is 1. The molecule has 0 amide bonds. The quantitative estimate of drug-likeness (QED) is 0.756. The smallest absolute Gasteiger partial charge is 0.181 e. The largest absolute Gasteiger partial charge is 0.442 e. The van der Waals surface area contributed by atoms with Crippen molar-refractivity contribution in [1.29, 1.82) is 0 Å². The third-order valence-corrected chi connectivity index (χ3v) is 2.74. The van der Waals surface area contributed by atoms with Gasteiger partial charge in [-0.1, -0.05) is 0 Å². The molecule has 0 bridgehead atoms. The van der Waals surface area contributed by atoms with Crippen LogP contribution in [-0.4, -0.2) is 9.97 Å². The second-order valence-electron chi connectivity index (χ2n) is 1.84. The van der Waals surface area contributed by atoms with Gasteiger partial charge in [0.1, 0.15) is 9.48 Å². The van der Waals surface area contributed by atoms with Gasteiger partial charge in [0, 0.05) is 0 Å². The van der Waals surface area contributed by atoms with Crippen molar-refractivity contribution < 1.29 is 4.42 Å². The molecule has 5 heteroatoms. The van der Waals surface area contributed by atoms with Crippen molar-refractivity contribution in [2.45, 2.75) is 0 Å². The zero-order valence-corrected chi connectivity index (χ0v) is 7.72. The lowest BCUT2D eigenvalue weighted by Crippen LogP contribution is -1.71. The molecule has 0 spiro atoms. The number of thiazole rings is 1. The molecular weight excluding hydrogens is 228 g/mol. The van der Waals surface area contributed by atoms with E-state index in [1.54, 1.807) is 11.7 Å². The van der Waals surface area contributed by atoms with Crippen molar-refractivity contribution in [2.24, 2.45) is 0 Å². The first kappa shape index (κ1) is 7.00. The maximum absolute atomic E-state index is 5.06. The third-order valence-electron chi connectivity index (χ3n) is 1.19. The summed E-state index contributed by atoms with van der Waals surface area (Å²) in [6.07, 6.45) is 3.03. The molecule has 0 unspecified atom stereocenters. The van der Waals surface area contributed by atoms with Gasteiger partial charge in [0.05, 0.1) is 11.7 Å². The lowest BCUT2D eigenvalue weighted by Gasteiger charge is -1.86. The summed E-state index contributed by atoms with van der Waals surface area (Å²) in [4.78, 5) is 7.89. The van der Waals surface area contributed by atoms with Crippen LogP contribution in [0.2, 0.25) is 0 Å². The van der Waals surface area contributed by atoms with E-state index >= 15 is 0 Å². The molecular formula is C6H3BrN2OS. The van der Waals surface area contributed by atoms with Crippen molar-refractivity contribution in [3.63, 3.8) is 0 Å². The molecule has 2 aromatic rings. The fraction of sp³-hybridized carbons (Fsp3) is 0. The predicted molar refractivity (Wildman–Crippen MR) is 45.3 cm³/mol. The number of aromatic nitrogens is 2. The number of nitrogens with zero attached hydrogens (tertiary/aromatic N) is 2. The standard InChI is InChI=1S/C6H3BrN2OS/c7-6-5(9-3-11-6)4-1-8-2-10-4/h1-3H. The highest BCUT2D eigenvalue weighted by atomic mass is 79.9. The van der Waals surface area contributed by atoms with Gasteiger partial charge < -0.3 is 4.42 Å². The average Bonchev–Trinajstić information content (AvgIpc) is 2.55. The van der Waals surface area contributed by atoms with Crippen molar-refractivity contribution in [1.82, 2.24) is 9.97 Å². The van der Waals surface area contributed by atoms with E-state index in [-0.39, 0.29) is 0 Å². The first-order chi connectivity index (χ1) is 5.38. The molecule has 0 radical (unpaired) electrons. The van der Waals surface area contributed by atoms with Gasteiger partial charge in [-0.3, -0.25) is 0 Å². The molecule has 0 aliphatic carbocycles. The fourth-order valence-corrected chi connectivity index (χ4v) is 1.79. The van der Waals surface area contributed by atoms with Gasteiger partial charge in [0.15, 0.2) is 12.2 Å². The SMILES string of the molecule is Brc1scnc1-c1cnco1. The van der Waals surface area contributed by atoms with Crippen molar-refractivity contribution in [3.05, 3.63) is 21.9 Å². The fourth-order valence-electron chi connectivity index (χ4n) is 0.725. The van der Waals surface area contributed by atoms with Crippen LogP contribution in [0.25, 0.3) is 11.5 Å². The van der Waals surface area contributed by atoms with Crippen LogP contribution in [0.3, 0.4) is 0 Å². The Bertz CT molecular complexity index is 343. The second-order valence-corrected chi connectivity index (χ2v) is 4.01. The molecule has 2 aromatic heterocycles. The van der Waals surface area contributed by atoms with Crippen LogP contribution in [0.4, 0.5) is 0 Å². The summed E-state index contributed by atoms with van der Waals surface area (Å²) in [5.41, 5.74) is 2.56. The molecule has 56 valence electrons. The van der Waals surface area contributed by atoms with Gasteiger partial charge in [-0.05, 0) is 15.9 Å².